The van der Waals surface area contributed by atoms with Gasteiger partial charge in [-0.15, -0.1) is 0 Å². The maximum atomic E-state index is 5.11. The van der Waals surface area contributed by atoms with Crippen molar-refractivity contribution in [1.82, 2.24) is 5.48 Å². The summed E-state index contributed by atoms with van der Waals surface area (Å²) in [4.78, 5) is 4.74. The van der Waals surface area contributed by atoms with Crippen LogP contribution in [0.1, 0.15) is 5.56 Å². The molecule has 0 unspecified atom stereocenters. The van der Waals surface area contributed by atoms with E-state index in [4.69, 9.17) is 9.57 Å². The molecule has 1 rings (SSSR count). The van der Waals surface area contributed by atoms with Crippen molar-refractivity contribution in [3.05, 3.63) is 29.8 Å². The van der Waals surface area contributed by atoms with Gasteiger partial charge in [-0.05, 0) is 24.1 Å². The summed E-state index contributed by atoms with van der Waals surface area (Å²) in [5.74, 6) is 0.898. The van der Waals surface area contributed by atoms with Gasteiger partial charge in [0.2, 0.25) is 0 Å². The van der Waals surface area contributed by atoms with Crippen molar-refractivity contribution in [2.45, 2.75) is 6.42 Å². The zero-order chi connectivity index (χ0) is 9.52. The van der Waals surface area contributed by atoms with Crippen LogP contribution in [-0.4, -0.2) is 20.8 Å². The van der Waals surface area contributed by atoms with Crippen molar-refractivity contribution < 1.29 is 9.57 Å². The molecule has 0 aromatic heterocycles. The quantitative estimate of drug-likeness (QED) is 0.550. The van der Waals surface area contributed by atoms with Crippen LogP contribution in [0.3, 0.4) is 0 Å². The maximum absolute atomic E-state index is 5.11. The molecule has 1 aromatic rings. The van der Waals surface area contributed by atoms with Gasteiger partial charge in [0.25, 0.3) is 0 Å². The van der Waals surface area contributed by atoms with Gasteiger partial charge in [0.15, 0.2) is 0 Å². The minimum atomic E-state index is 0.809. The Labute approximate surface area is 78.6 Å². The van der Waals surface area contributed by atoms with Crippen molar-refractivity contribution in [3.63, 3.8) is 0 Å². The van der Waals surface area contributed by atoms with E-state index < -0.39 is 0 Å². The van der Waals surface area contributed by atoms with Crippen LogP contribution in [0.15, 0.2) is 24.3 Å². The van der Waals surface area contributed by atoms with Gasteiger partial charge in [-0.1, -0.05) is 12.1 Å². The highest BCUT2D eigenvalue weighted by Gasteiger charge is 1.94. The molecule has 0 bridgehead atoms. The second-order valence-electron chi connectivity index (χ2n) is 2.70. The van der Waals surface area contributed by atoms with Gasteiger partial charge >= 0.3 is 0 Å². The first-order valence-electron chi connectivity index (χ1n) is 4.25. The third-order valence-corrected chi connectivity index (χ3v) is 1.79. The van der Waals surface area contributed by atoms with Crippen molar-refractivity contribution in [3.8, 4) is 5.75 Å². The normalized spacial score (nSPS) is 10.0. The fourth-order valence-corrected chi connectivity index (χ4v) is 1.13. The van der Waals surface area contributed by atoms with E-state index in [0.717, 1.165) is 18.7 Å². The molecule has 0 aliphatic rings. The molecule has 0 aliphatic carbocycles. The molecule has 0 spiro atoms. The second kappa shape index (κ2) is 5.56. The lowest BCUT2D eigenvalue weighted by Gasteiger charge is -2.04. The lowest BCUT2D eigenvalue weighted by molar-refractivity contribution is 0.0928. The highest BCUT2D eigenvalue weighted by Crippen LogP contribution is 2.12. The monoisotopic (exact) mass is 181 g/mol. The molecule has 0 saturated carbocycles. The summed E-state index contributed by atoms with van der Waals surface area (Å²) in [6.07, 6.45) is 0.936. The molecular weight excluding hydrogens is 166 g/mol. The van der Waals surface area contributed by atoms with Gasteiger partial charge in [0.1, 0.15) is 5.75 Å². The third-order valence-electron chi connectivity index (χ3n) is 1.79. The van der Waals surface area contributed by atoms with E-state index in [1.54, 1.807) is 14.2 Å². The molecule has 0 fully saturated rings. The van der Waals surface area contributed by atoms with Gasteiger partial charge in [0, 0.05) is 6.54 Å². The first-order valence-corrected chi connectivity index (χ1v) is 4.25. The molecule has 0 heterocycles. The average Bonchev–Trinajstić information content (AvgIpc) is 2.19. The second-order valence-corrected chi connectivity index (χ2v) is 2.70. The molecule has 0 amide bonds. The van der Waals surface area contributed by atoms with Gasteiger partial charge < -0.3 is 9.57 Å². The summed E-state index contributed by atoms with van der Waals surface area (Å²) < 4.78 is 5.11. The number of benzene rings is 1. The van der Waals surface area contributed by atoms with E-state index in [1.165, 1.54) is 5.56 Å². The van der Waals surface area contributed by atoms with E-state index in [9.17, 15) is 0 Å². The molecule has 1 aromatic carbocycles. The van der Waals surface area contributed by atoms with E-state index in [2.05, 4.69) is 11.5 Å². The van der Waals surface area contributed by atoms with Gasteiger partial charge in [-0.3, -0.25) is 0 Å². The van der Waals surface area contributed by atoms with E-state index in [-0.39, 0.29) is 0 Å². The van der Waals surface area contributed by atoms with Crippen LogP contribution in [0.25, 0.3) is 0 Å². The first-order chi connectivity index (χ1) is 6.36. The lowest BCUT2D eigenvalue weighted by Crippen LogP contribution is -2.15. The molecule has 3 nitrogen and oxygen atoms in total. The molecule has 3 heteroatoms. The number of hydrogen-bond donors (Lipinski definition) is 1. The molecule has 13 heavy (non-hydrogen) atoms. The molecule has 0 atom stereocenters. The highest BCUT2D eigenvalue weighted by atomic mass is 16.6. The summed E-state index contributed by atoms with van der Waals surface area (Å²) in [6.45, 7) is 0.809. The van der Waals surface area contributed by atoms with Crippen molar-refractivity contribution in [1.29, 1.82) is 0 Å². The number of hydroxylamine groups is 1. The number of rotatable bonds is 5. The summed E-state index contributed by atoms with van der Waals surface area (Å²) >= 11 is 0. The number of nitrogens with one attached hydrogen (secondary N) is 1. The Morgan fingerprint density at radius 1 is 1.31 bits per heavy atom. The van der Waals surface area contributed by atoms with Gasteiger partial charge in [-0.25, -0.2) is 5.48 Å². The predicted molar refractivity (Wildman–Crippen MR) is 51.7 cm³/mol. The smallest absolute Gasteiger partial charge is 0.119 e. The van der Waals surface area contributed by atoms with Crippen molar-refractivity contribution in [2.24, 2.45) is 0 Å². The Hall–Kier alpha value is -1.06. The van der Waals surface area contributed by atoms with Gasteiger partial charge in [-0.2, -0.15) is 0 Å². The van der Waals surface area contributed by atoms with Crippen molar-refractivity contribution in [2.75, 3.05) is 20.8 Å². The SMILES string of the molecule is CONCCc1cccc(OC)c1. The summed E-state index contributed by atoms with van der Waals surface area (Å²) in [7, 11) is 3.29. The fraction of sp³-hybridized carbons (Fsp3) is 0.400. The van der Waals surface area contributed by atoms with Crippen molar-refractivity contribution >= 4 is 0 Å². The molecule has 1 N–H and O–H groups in total. The Balaban J connectivity index is 2.46. The summed E-state index contributed by atoms with van der Waals surface area (Å²) in [5, 5.41) is 0. The Morgan fingerprint density at radius 3 is 2.85 bits per heavy atom. The van der Waals surface area contributed by atoms with Crippen LogP contribution in [0.5, 0.6) is 5.75 Å². The van der Waals surface area contributed by atoms with Crippen LogP contribution in [0.2, 0.25) is 0 Å². The van der Waals surface area contributed by atoms with E-state index >= 15 is 0 Å². The first kappa shape index (κ1) is 10.0. The molecular formula is C10H15NO2. The van der Waals surface area contributed by atoms with Crippen LogP contribution in [0.4, 0.5) is 0 Å². The van der Waals surface area contributed by atoms with E-state index in [0.29, 0.717) is 0 Å². The summed E-state index contributed by atoms with van der Waals surface area (Å²) in [5.41, 5.74) is 4.03. The average molecular weight is 181 g/mol. The largest absolute Gasteiger partial charge is 0.497 e. The van der Waals surface area contributed by atoms with Gasteiger partial charge in [0.05, 0.1) is 14.2 Å². The van der Waals surface area contributed by atoms with Crippen LogP contribution >= 0.6 is 0 Å². The molecule has 0 saturated heterocycles. The summed E-state index contributed by atoms with van der Waals surface area (Å²) in [6, 6.07) is 8.02. The molecule has 0 radical (unpaired) electrons. The Kier molecular flexibility index (Phi) is 4.29. The maximum Gasteiger partial charge on any atom is 0.119 e. The fourth-order valence-electron chi connectivity index (χ4n) is 1.13. The van der Waals surface area contributed by atoms with E-state index in [1.807, 2.05) is 18.2 Å². The lowest BCUT2D eigenvalue weighted by atomic mass is 10.1. The topological polar surface area (TPSA) is 30.5 Å². The van der Waals surface area contributed by atoms with Crippen LogP contribution in [0, 0.1) is 0 Å². The zero-order valence-electron chi connectivity index (χ0n) is 8.04. The Bertz CT molecular complexity index is 250. The number of hydrogen-bond acceptors (Lipinski definition) is 3. The Morgan fingerprint density at radius 2 is 2.15 bits per heavy atom. The standard InChI is InChI=1S/C10H15NO2/c1-12-10-5-3-4-9(8-10)6-7-11-13-2/h3-5,8,11H,6-7H2,1-2H3. The van der Waals surface area contributed by atoms with Crippen LogP contribution < -0.4 is 10.2 Å². The zero-order valence-corrected chi connectivity index (χ0v) is 8.04. The molecule has 0 aliphatic heterocycles. The predicted octanol–water partition coefficient (Wildman–Crippen LogP) is 1.39. The minimum Gasteiger partial charge on any atom is -0.497 e. The van der Waals surface area contributed by atoms with Crippen LogP contribution in [-0.2, 0) is 11.3 Å². The molecule has 72 valence electrons. The number of methoxy groups -OCH3 is 1. The minimum absolute atomic E-state index is 0.809. The third kappa shape index (κ3) is 3.44. The number of ether oxygens (including phenoxy) is 1. The highest BCUT2D eigenvalue weighted by molar-refractivity contribution is 5.28.